The van der Waals surface area contributed by atoms with Crippen LogP contribution in [-0.4, -0.2) is 36.1 Å². The molecule has 0 aliphatic carbocycles. The molecule has 5 heteroatoms. The Kier molecular flexibility index (Phi) is 5.89. The molecule has 2 heterocycles. The Morgan fingerprint density at radius 1 is 1.04 bits per heavy atom. The molecule has 3 N–H and O–H groups in total. The largest absolute Gasteiger partial charge is 0.358 e. The number of H-pyrrole nitrogens is 1. The van der Waals surface area contributed by atoms with Gasteiger partial charge in [-0.1, -0.05) is 24.3 Å². The van der Waals surface area contributed by atoms with Gasteiger partial charge in [-0.15, -0.1) is 0 Å². The van der Waals surface area contributed by atoms with Gasteiger partial charge in [0, 0.05) is 48.6 Å². The zero-order valence-electron chi connectivity index (χ0n) is 15.8. The molecule has 0 aliphatic heterocycles. The standard InChI is InChI=1S/C21H27N5/c1-15-8-9-17(14-25-15)10-12-23-21(22-3)24-13-11-18-16(2)26-20-7-5-4-6-19(18)20/h4-9,14,26H,10-13H2,1-3H3,(H2,22,23,24). The van der Waals surface area contributed by atoms with E-state index in [0.717, 1.165) is 37.6 Å². The number of aryl methyl sites for hydroxylation is 2. The third-order valence-corrected chi connectivity index (χ3v) is 4.60. The second kappa shape index (κ2) is 8.52. The highest BCUT2D eigenvalue weighted by Crippen LogP contribution is 2.21. The summed E-state index contributed by atoms with van der Waals surface area (Å²) in [7, 11) is 1.81. The second-order valence-corrected chi connectivity index (χ2v) is 6.51. The van der Waals surface area contributed by atoms with Crippen LogP contribution in [0.15, 0.2) is 47.6 Å². The monoisotopic (exact) mass is 349 g/mol. The molecule has 0 unspecified atom stereocenters. The van der Waals surface area contributed by atoms with E-state index in [1.54, 1.807) is 7.05 Å². The zero-order chi connectivity index (χ0) is 18.4. The number of rotatable bonds is 6. The fraction of sp³-hybridized carbons (Fsp3) is 0.333. The number of nitrogens with one attached hydrogen (secondary N) is 3. The van der Waals surface area contributed by atoms with Crippen molar-refractivity contribution in [2.45, 2.75) is 26.7 Å². The van der Waals surface area contributed by atoms with Gasteiger partial charge in [0.05, 0.1) is 0 Å². The number of aromatic nitrogens is 2. The summed E-state index contributed by atoms with van der Waals surface area (Å²) in [5.74, 6) is 0.836. The van der Waals surface area contributed by atoms with Crippen molar-refractivity contribution in [3.63, 3.8) is 0 Å². The first-order chi connectivity index (χ1) is 12.7. The molecular formula is C21H27N5. The maximum absolute atomic E-state index is 4.33. The summed E-state index contributed by atoms with van der Waals surface area (Å²) in [6, 6.07) is 12.6. The molecule has 5 nitrogen and oxygen atoms in total. The smallest absolute Gasteiger partial charge is 0.190 e. The van der Waals surface area contributed by atoms with Gasteiger partial charge in [-0.3, -0.25) is 9.98 Å². The maximum Gasteiger partial charge on any atom is 0.190 e. The van der Waals surface area contributed by atoms with E-state index in [1.807, 2.05) is 19.2 Å². The van der Waals surface area contributed by atoms with Gasteiger partial charge in [-0.2, -0.15) is 0 Å². The molecule has 0 aliphatic rings. The van der Waals surface area contributed by atoms with Crippen LogP contribution in [0.5, 0.6) is 0 Å². The highest BCUT2D eigenvalue weighted by molar-refractivity contribution is 5.84. The van der Waals surface area contributed by atoms with Gasteiger partial charge < -0.3 is 15.6 Å². The Morgan fingerprint density at radius 2 is 1.81 bits per heavy atom. The number of hydrogen-bond donors (Lipinski definition) is 3. The molecule has 1 aromatic carbocycles. The SMILES string of the molecule is CN=C(NCCc1ccc(C)nc1)NCCc1c(C)[nH]c2ccccc12. The first kappa shape index (κ1) is 18.0. The molecule has 3 aromatic rings. The van der Waals surface area contributed by atoms with Crippen molar-refractivity contribution in [2.75, 3.05) is 20.1 Å². The predicted octanol–water partition coefficient (Wildman–Crippen LogP) is 3.13. The molecule has 0 spiro atoms. The highest BCUT2D eigenvalue weighted by Gasteiger charge is 2.07. The summed E-state index contributed by atoms with van der Waals surface area (Å²) in [6.07, 6.45) is 3.82. The fourth-order valence-electron chi connectivity index (χ4n) is 3.15. The Hall–Kier alpha value is -2.82. The first-order valence-electron chi connectivity index (χ1n) is 9.09. The molecule has 0 saturated carbocycles. The molecular weight excluding hydrogens is 322 g/mol. The van der Waals surface area contributed by atoms with Crippen LogP contribution in [0.1, 0.15) is 22.5 Å². The van der Waals surface area contributed by atoms with E-state index in [1.165, 1.54) is 27.7 Å². The first-order valence-corrected chi connectivity index (χ1v) is 9.09. The predicted molar refractivity (Wildman–Crippen MR) is 109 cm³/mol. The van der Waals surface area contributed by atoms with Crippen LogP contribution in [0, 0.1) is 13.8 Å². The average Bonchev–Trinajstić information content (AvgIpc) is 2.97. The number of pyridine rings is 1. The molecule has 0 saturated heterocycles. The third kappa shape index (κ3) is 4.42. The van der Waals surface area contributed by atoms with Crippen molar-refractivity contribution < 1.29 is 0 Å². The van der Waals surface area contributed by atoms with Crippen LogP contribution in [0.3, 0.4) is 0 Å². The molecule has 26 heavy (non-hydrogen) atoms. The minimum atomic E-state index is 0.830. The number of para-hydroxylation sites is 1. The van der Waals surface area contributed by atoms with Crippen LogP contribution < -0.4 is 10.6 Å². The van der Waals surface area contributed by atoms with Crippen molar-refractivity contribution in [3.05, 3.63) is 65.1 Å². The average molecular weight is 349 g/mol. The highest BCUT2D eigenvalue weighted by atomic mass is 15.2. The minimum absolute atomic E-state index is 0.830. The van der Waals surface area contributed by atoms with E-state index in [-0.39, 0.29) is 0 Å². The third-order valence-electron chi connectivity index (χ3n) is 4.60. The van der Waals surface area contributed by atoms with Gasteiger partial charge in [0.2, 0.25) is 0 Å². The number of guanidine groups is 1. The molecule has 136 valence electrons. The van der Waals surface area contributed by atoms with Crippen molar-refractivity contribution in [1.82, 2.24) is 20.6 Å². The minimum Gasteiger partial charge on any atom is -0.358 e. The molecule has 0 atom stereocenters. The zero-order valence-corrected chi connectivity index (χ0v) is 15.8. The summed E-state index contributed by atoms with van der Waals surface area (Å²) < 4.78 is 0. The summed E-state index contributed by atoms with van der Waals surface area (Å²) in [5.41, 5.74) is 6.09. The molecule has 2 aromatic heterocycles. The van der Waals surface area contributed by atoms with Gasteiger partial charge in [-0.25, -0.2) is 0 Å². The number of benzene rings is 1. The van der Waals surface area contributed by atoms with Gasteiger partial charge in [-0.05, 0) is 49.9 Å². The molecule has 0 bridgehead atoms. The maximum atomic E-state index is 4.33. The number of nitrogens with zero attached hydrogens (tertiary/aromatic N) is 2. The molecule has 0 radical (unpaired) electrons. The van der Waals surface area contributed by atoms with Crippen molar-refractivity contribution >= 4 is 16.9 Å². The second-order valence-electron chi connectivity index (χ2n) is 6.51. The lowest BCUT2D eigenvalue weighted by Gasteiger charge is -2.12. The summed E-state index contributed by atoms with van der Waals surface area (Å²) in [5, 5.41) is 8.08. The number of aliphatic imine (C=N–C) groups is 1. The van der Waals surface area contributed by atoms with E-state index in [2.05, 4.69) is 62.8 Å². The van der Waals surface area contributed by atoms with E-state index in [9.17, 15) is 0 Å². The van der Waals surface area contributed by atoms with Gasteiger partial charge in [0.25, 0.3) is 0 Å². The lowest BCUT2D eigenvalue weighted by atomic mass is 10.1. The van der Waals surface area contributed by atoms with Gasteiger partial charge in [0.1, 0.15) is 0 Å². The topological polar surface area (TPSA) is 65.1 Å². The quantitative estimate of drug-likeness (QED) is 0.473. The molecule has 3 rings (SSSR count). The van der Waals surface area contributed by atoms with Crippen LogP contribution in [-0.2, 0) is 12.8 Å². The number of hydrogen-bond acceptors (Lipinski definition) is 2. The Labute approximate surface area is 155 Å². The number of fused-ring (bicyclic) bond motifs is 1. The van der Waals surface area contributed by atoms with E-state index in [4.69, 9.17) is 0 Å². The van der Waals surface area contributed by atoms with E-state index < -0.39 is 0 Å². The van der Waals surface area contributed by atoms with Crippen molar-refractivity contribution in [1.29, 1.82) is 0 Å². The summed E-state index contributed by atoms with van der Waals surface area (Å²) >= 11 is 0. The van der Waals surface area contributed by atoms with E-state index in [0.29, 0.717) is 0 Å². The normalized spacial score (nSPS) is 11.7. The van der Waals surface area contributed by atoms with Crippen LogP contribution in [0.4, 0.5) is 0 Å². The fourth-order valence-corrected chi connectivity index (χ4v) is 3.15. The Morgan fingerprint density at radius 3 is 2.54 bits per heavy atom. The number of aromatic amines is 1. The summed E-state index contributed by atoms with van der Waals surface area (Å²) in [6.45, 7) is 5.81. The lowest BCUT2D eigenvalue weighted by Crippen LogP contribution is -2.39. The Balaban J connectivity index is 1.48. The van der Waals surface area contributed by atoms with Crippen LogP contribution in [0.25, 0.3) is 10.9 Å². The van der Waals surface area contributed by atoms with Gasteiger partial charge >= 0.3 is 0 Å². The Bertz CT molecular complexity index is 877. The summed E-state index contributed by atoms with van der Waals surface area (Å²) in [4.78, 5) is 12.1. The van der Waals surface area contributed by atoms with Crippen LogP contribution >= 0.6 is 0 Å². The van der Waals surface area contributed by atoms with Gasteiger partial charge in [0.15, 0.2) is 5.96 Å². The van der Waals surface area contributed by atoms with Crippen molar-refractivity contribution in [3.8, 4) is 0 Å². The lowest BCUT2D eigenvalue weighted by molar-refractivity contribution is 0.782. The molecule has 0 amide bonds. The van der Waals surface area contributed by atoms with E-state index >= 15 is 0 Å². The molecule has 0 fully saturated rings. The van der Waals surface area contributed by atoms with Crippen molar-refractivity contribution in [2.24, 2.45) is 4.99 Å². The van der Waals surface area contributed by atoms with Crippen LogP contribution in [0.2, 0.25) is 0 Å².